The lowest BCUT2D eigenvalue weighted by Crippen LogP contribution is -2.46. The lowest BCUT2D eigenvalue weighted by Gasteiger charge is -2.29. The number of hydrogen-bond donors (Lipinski definition) is 2. The van der Waals surface area contributed by atoms with Crippen molar-refractivity contribution in [3.63, 3.8) is 0 Å². The lowest BCUT2D eigenvalue weighted by atomic mass is 9.98. The van der Waals surface area contributed by atoms with E-state index >= 15 is 4.39 Å². The van der Waals surface area contributed by atoms with Gasteiger partial charge in [-0.3, -0.25) is 23.7 Å². The molecule has 0 spiro atoms. The topological polar surface area (TPSA) is 156 Å². The van der Waals surface area contributed by atoms with Gasteiger partial charge in [0.1, 0.15) is 11.9 Å². The van der Waals surface area contributed by atoms with Gasteiger partial charge in [0.05, 0.1) is 25.9 Å². The average molecular weight is 622 g/mol. The summed E-state index contributed by atoms with van der Waals surface area (Å²) in [5.41, 5.74) is -4.08. The van der Waals surface area contributed by atoms with Crippen LogP contribution < -0.4 is 20.9 Å². The molecule has 0 bridgehead atoms. The second-order valence-corrected chi connectivity index (χ2v) is 12.0. The van der Waals surface area contributed by atoms with Crippen molar-refractivity contribution < 1.29 is 41.7 Å². The van der Waals surface area contributed by atoms with Gasteiger partial charge in [0.2, 0.25) is 0 Å². The highest BCUT2D eigenvalue weighted by Gasteiger charge is 2.58. The van der Waals surface area contributed by atoms with Crippen molar-refractivity contribution in [2.45, 2.75) is 63.6 Å². The van der Waals surface area contributed by atoms with Gasteiger partial charge in [0.25, 0.3) is 5.56 Å². The maximum Gasteiger partial charge on any atom is 0.459 e. The Morgan fingerprint density at radius 1 is 1.19 bits per heavy atom. The molecule has 2 saturated heterocycles. The Balaban J connectivity index is 1.45. The largest absolute Gasteiger partial charge is 0.459 e. The van der Waals surface area contributed by atoms with Crippen LogP contribution in [-0.2, 0) is 32.8 Å². The Hall–Kier alpha value is -3.39. The summed E-state index contributed by atoms with van der Waals surface area (Å²) < 4.78 is 65.7. The molecule has 5 rings (SSSR count). The summed E-state index contributed by atoms with van der Waals surface area (Å²) >= 11 is 0. The molecule has 0 saturated carbocycles. The van der Waals surface area contributed by atoms with Gasteiger partial charge in [-0.05, 0) is 25.3 Å². The summed E-state index contributed by atoms with van der Waals surface area (Å²) in [6, 6.07) is 12.9. The van der Waals surface area contributed by atoms with Crippen molar-refractivity contribution in [3.05, 3.63) is 75.6 Å². The second kappa shape index (κ2) is 12.7. The number of halogens is 1. The monoisotopic (exact) mass is 621 g/mol. The Morgan fingerprint density at radius 2 is 1.91 bits per heavy atom. The molecule has 43 heavy (non-hydrogen) atoms. The molecule has 2 N–H and O–H groups in total. The fourth-order valence-corrected chi connectivity index (χ4v) is 6.57. The first-order valence-electron chi connectivity index (χ1n) is 13.8. The average Bonchev–Trinajstić information content (AvgIpc) is 3.60. The highest BCUT2D eigenvalue weighted by molar-refractivity contribution is 7.52. The Kier molecular flexibility index (Phi) is 9.16. The molecule has 6 atom stereocenters. The molecule has 3 heterocycles. The van der Waals surface area contributed by atoms with Gasteiger partial charge in [-0.1, -0.05) is 43.3 Å². The number of fused-ring (bicyclic) bond motifs is 1. The second-order valence-electron chi connectivity index (χ2n) is 10.3. The van der Waals surface area contributed by atoms with Crippen LogP contribution in [0.5, 0.6) is 5.75 Å². The fraction of sp³-hybridized carbons (Fsp3) is 0.464. The first-order chi connectivity index (χ1) is 20.5. The molecule has 3 aromatic rings. The highest BCUT2D eigenvalue weighted by Crippen LogP contribution is 2.49. The normalized spacial score (nSPS) is 26.3. The smallest absolute Gasteiger partial charge is 0.456 e. The SMILES string of the molecule is CCC(=O)O[C@@H]1[C@@H](COP(=O)(NC(C)C2OCCO2)Oc2cccc3ccccc23)OC(n2ccc(=O)[nH]c2=O)[C@]1(C)F. The fourth-order valence-electron chi connectivity index (χ4n) is 5.01. The number of nitrogens with one attached hydrogen (secondary N) is 2. The van der Waals surface area contributed by atoms with Gasteiger partial charge in [0, 0.05) is 24.1 Å². The Bertz CT molecular complexity index is 1620. The third-order valence-electron chi connectivity index (χ3n) is 7.13. The van der Waals surface area contributed by atoms with Crippen LogP contribution in [0.3, 0.4) is 0 Å². The summed E-state index contributed by atoms with van der Waals surface area (Å²) in [5.74, 6) is -0.474. The number of carbonyl (C=O) groups is 1. The molecule has 3 unspecified atom stereocenters. The zero-order valence-electron chi connectivity index (χ0n) is 23.8. The minimum Gasteiger partial charge on any atom is -0.456 e. The standard InChI is InChI=1S/C28H33FN3O10P/c1-4-23(34)41-24-21(40-26(28(24,3)29)32-13-12-22(33)30-27(32)35)16-39-43(36,31-17(2)25-37-14-15-38-25)42-20-11-7-9-18-8-5-6-10-19(18)20/h5-13,17,21,24-26H,4,14-16H2,1-3H3,(H,31,36)(H,30,33,35)/t17?,21-,24-,26?,28-,43?/m1/s1. The summed E-state index contributed by atoms with van der Waals surface area (Å²) in [4.78, 5) is 38.4. The van der Waals surface area contributed by atoms with Gasteiger partial charge < -0.3 is 23.5 Å². The first kappa shape index (κ1) is 31.0. The molecule has 232 valence electrons. The van der Waals surface area contributed by atoms with E-state index in [2.05, 4.69) is 5.09 Å². The van der Waals surface area contributed by atoms with Crippen molar-refractivity contribution in [1.82, 2.24) is 14.6 Å². The Labute approximate surface area is 245 Å². The van der Waals surface area contributed by atoms with Crippen LogP contribution in [-0.4, -0.2) is 65.5 Å². The van der Waals surface area contributed by atoms with E-state index in [1.54, 1.807) is 31.2 Å². The van der Waals surface area contributed by atoms with Crippen LogP contribution >= 0.6 is 7.75 Å². The summed E-state index contributed by atoms with van der Waals surface area (Å²) in [6.07, 6.45) is -4.26. The van der Waals surface area contributed by atoms with E-state index in [1.807, 2.05) is 23.2 Å². The van der Waals surface area contributed by atoms with E-state index in [9.17, 15) is 18.9 Å². The number of nitrogens with zero attached hydrogens (tertiary/aromatic N) is 1. The van der Waals surface area contributed by atoms with Gasteiger partial charge >= 0.3 is 19.4 Å². The number of benzene rings is 2. The molecule has 2 aliphatic rings. The number of esters is 1. The van der Waals surface area contributed by atoms with Crippen molar-refractivity contribution in [2.24, 2.45) is 0 Å². The molecular formula is C28H33FN3O10P. The zero-order chi connectivity index (χ0) is 30.8. The third-order valence-corrected chi connectivity index (χ3v) is 8.78. The first-order valence-corrected chi connectivity index (χ1v) is 15.3. The number of ether oxygens (including phenoxy) is 4. The maximum absolute atomic E-state index is 16.4. The van der Waals surface area contributed by atoms with Crippen molar-refractivity contribution in [3.8, 4) is 5.75 Å². The molecule has 1 aromatic heterocycles. The minimum atomic E-state index is -4.29. The zero-order valence-corrected chi connectivity index (χ0v) is 24.7. The molecule has 0 amide bonds. The predicted molar refractivity (Wildman–Crippen MR) is 151 cm³/mol. The summed E-state index contributed by atoms with van der Waals surface area (Å²) in [5, 5.41) is 4.32. The van der Waals surface area contributed by atoms with Crippen molar-refractivity contribution in [2.75, 3.05) is 19.8 Å². The number of rotatable bonds is 11. The predicted octanol–water partition coefficient (Wildman–Crippen LogP) is 3.19. The van der Waals surface area contributed by atoms with E-state index in [0.717, 1.165) is 29.1 Å². The number of aromatic amines is 1. The van der Waals surface area contributed by atoms with Crippen LogP contribution in [0.4, 0.5) is 4.39 Å². The Morgan fingerprint density at radius 3 is 2.63 bits per heavy atom. The molecule has 13 nitrogen and oxygen atoms in total. The summed E-state index contributed by atoms with van der Waals surface area (Å²) in [6.45, 7) is 4.44. The number of alkyl halides is 1. The van der Waals surface area contributed by atoms with E-state index < -0.39 is 68.0 Å². The van der Waals surface area contributed by atoms with E-state index in [1.165, 1.54) is 6.92 Å². The van der Waals surface area contributed by atoms with E-state index in [0.29, 0.717) is 18.6 Å². The van der Waals surface area contributed by atoms with Gasteiger partial charge in [-0.2, -0.15) is 0 Å². The highest BCUT2D eigenvalue weighted by atomic mass is 31.2. The molecule has 15 heteroatoms. The van der Waals surface area contributed by atoms with Crippen LogP contribution in [0.15, 0.2) is 64.3 Å². The molecular weight excluding hydrogens is 588 g/mol. The van der Waals surface area contributed by atoms with Gasteiger partial charge in [-0.25, -0.2) is 18.8 Å². The van der Waals surface area contributed by atoms with E-state index in [4.69, 9.17) is 28.0 Å². The number of carbonyl (C=O) groups excluding carboxylic acids is 1. The number of H-pyrrole nitrogens is 1. The van der Waals surface area contributed by atoms with Crippen LogP contribution in [0, 0.1) is 0 Å². The van der Waals surface area contributed by atoms with Gasteiger partial charge in [0.15, 0.2) is 24.3 Å². The van der Waals surface area contributed by atoms with Crippen LogP contribution in [0.1, 0.15) is 33.4 Å². The van der Waals surface area contributed by atoms with Gasteiger partial charge in [-0.15, -0.1) is 0 Å². The molecule has 2 fully saturated rings. The van der Waals surface area contributed by atoms with E-state index in [-0.39, 0.29) is 12.2 Å². The number of aromatic nitrogens is 2. The van der Waals surface area contributed by atoms with Crippen LogP contribution in [0.2, 0.25) is 0 Å². The molecule has 2 aromatic carbocycles. The molecule has 0 radical (unpaired) electrons. The number of hydrogen-bond acceptors (Lipinski definition) is 10. The third kappa shape index (κ3) is 6.74. The quantitative estimate of drug-likeness (QED) is 0.239. The van der Waals surface area contributed by atoms with Crippen LogP contribution in [0.25, 0.3) is 10.8 Å². The molecule has 0 aliphatic carbocycles. The minimum absolute atomic E-state index is 0.0629. The van der Waals surface area contributed by atoms with Crippen molar-refractivity contribution >= 4 is 24.5 Å². The lowest BCUT2D eigenvalue weighted by molar-refractivity contribution is -0.157. The van der Waals surface area contributed by atoms with Crippen molar-refractivity contribution in [1.29, 1.82) is 0 Å². The molecule has 2 aliphatic heterocycles. The summed E-state index contributed by atoms with van der Waals surface area (Å²) in [7, 11) is -4.29. The maximum atomic E-state index is 16.4.